The van der Waals surface area contributed by atoms with Crippen LogP contribution in [0.5, 0.6) is 5.75 Å². The first-order valence-electron chi connectivity index (χ1n) is 10.1. The van der Waals surface area contributed by atoms with Crippen molar-refractivity contribution in [2.24, 2.45) is 0 Å². The van der Waals surface area contributed by atoms with E-state index in [1.807, 2.05) is 6.92 Å². The highest BCUT2D eigenvalue weighted by atomic mass is 16.5. The minimum atomic E-state index is -0.405. The molecule has 0 radical (unpaired) electrons. The largest absolute Gasteiger partial charge is 0.484 e. The third kappa shape index (κ3) is 5.28. The predicted molar refractivity (Wildman–Crippen MR) is 119 cm³/mol. The lowest BCUT2D eigenvalue weighted by Gasteiger charge is -2.12. The molecule has 0 aliphatic rings. The van der Waals surface area contributed by atoms with Crippen molar-refractivity contribution in [3.05, 3.63) is 64.6 Å². The molecule has 3 rings (SSSR count). The Hall–Kier alpha value is -3.68. The van der Waals surface area contributed by atoms with Crippen molar-refractivity contribution >= 4 is 28.3 Å². The molecule has 8 heteroatoms. The molecule has 2 aromatic carbocycles. The summed E-state index contributed by atoms with van der Waals surface area (Å²) in [5, 5.41) is 8.14. The first-order chi connectivity index (χ1) is 14.9. The number of carbonyl (C=O) groups excluding carboxylic acids is 2. The zero-order chi connectivity index (χ0) is 22.4. The van der Waals surface area contributed by atoms with Crippen molar-refractivity contribution in [3.63, 3.8) is 0 Å². The van der Waals surface area contributed by atoms with Crippen LogP contribution in [-0.4, -0.2) is 47.2 Å². The van der Waals surface area contributed by atoms with Crippen LogP contribution in [0.2, 0.25) is 0 Å². The van der Waals surface area contributed by atoms with Gasteiger partial charge in [0.2, 0.25) is 0 Å². The fraction of sp³-hybridized carbons (Fsp3) is 0.304. The number of benzene rings is 2. The van der Waals surface area contributed by atoms with Crippen molar-refractivity contribution in [3.8, 4) is 5.75 Å². The lowest BCUT2D eigenvalue weighted by atomic mass is 10.1. The van der Waals surface area contributed by atoms with Crippen molar-refractivity contribution < 1.29 is 14.3 Å². The van der Waals surface area contributed by atoms with Gasteiger partial charge in [0.1, 0.15) is 5.75 Å². The zero-order valence-corrected chi connectivity index (χ0v) is 17.9. The number of anilines is 1. The van der Waals surface area contributed by atoms with Gasteiger partial charge in [-0.15, -0.1) is 0 Å². The van der Waals surface area contributed by atoms with E-state index in [0.29, 0.717) is 28.8 Å². The average molecular weight is 422 g/mol. The third-order valence-electron chi connectivity index (χ3n) is 4.78. The summed E-state index contributed by atoms with van der Waals surface area (Å²) in [7, 11) is 3.32. The number of hydrogen-bond acceptors (Lipinski definition) is 5. The van der Waals surface area contributed by atoms with E-state index in [9.17, 15) is 14.4 Å². The molecule has 1 heterocycles. The molecule has 2 amide bonds. The normalized spacial score (nSPS) is 10.7. The quantitative estimate of drug-likeness (QED) is 0.602. The van der Waals surface area contributed by atoms with Crippen molar-refractivity contribution in [1.82, 2.24) is 14.7 Å². The number of aryl methyl sites for hydroxylation is 1. The molecule has 0 unspecified atom stereocenters. The molecule has 0 spiro atoms. The molecule has 0 aliphatic carbocycles. The predicted octanol–water partition coefficient (Wildman–Crippen LogP) is 2.92. The zero-order valence-electron chi connectivity index (χ0n) is 17.9. The van der Waals surface area contributed by atoms with Crippen LogP contribution in [0, 0.1) is 0 Å². The maximum Gasteiger partial charge on any atom is 0.276 e. The number of nitrogens with one attached hydrogen (secondary N) is 1. The number of fused-ring (bicyclic) bond motifs is 1. The smallest absolute Gasteiger partial charge is 0.276 e. The van der Waals surface area contributed by atoms with Gasteiger partial charge in [-0.25, -0.2) is 4.68 Å². The summed E-state index contributed by atoms with van der Waals surface area (Å²) in [6, 6.07) is 13.7. The summed E-state index contributed by atoms with van der Waals surface area (Å²) in [6.45, 7) is 2.43. The topological polar surface area (TPSA) is 93.5 Å². The van der Waals surface area contributed by atoms with Gasteiger partial charge < -0.3 is 15.0 Å². The molecule has 31 heavy (non-hydrogen) atoms. The van der Waals surface area contributed by atoms with Gasteiger partial charge in [0.25, 0.3) is 17.4 Å². The van der Waals surface area contributed by atoms with Crippen molar-refractivity contribution in [2.45, 2.75) is 26.3 Å². The first-order valence-corrected chi connectivity index (χ1v) is 10.1. The van der Waals surface area contributed by atoms with Crippen molar-refractivity contribution in [1.29, 1.82) is 0 Å². The van der Waals surface area contributed by atoms with Gasteiger partial charge in [0, 0.05) is 31.7 Å². The molecule has 1 aromatic heterocycles. The Bertz CT molecular complexity index is 1140. The van der Waals surface area contributed by atoms with Crippen LogP contribution in [0.15, 0.2) is 53.3 Å². The number of amides is 2. The van der Waals surface area contributed by atoms with E-state index >= 15 is 0 Å². The number of ether oxygens (including phenoxy) is 1. The molecule has 3 aromatic rings. The Balaban J connectivity index is 1.81. The van der Waals surface area contributed by atoms with Gasteiger partial charge in [-0.2, -0.15) is 5.10 Å². The molecule has 1 N–H and O–H groups in total. The van der Waals surface area contributed by atoms with E-state index in [-0.39, 0.29) is 23.8 Å². The van der Waals surface area contributed by atoms with Gasteiger partial charge in [0.15, 0.2) is 12.3 Å². The van der Waals surface area contributed by atoms with Gasteiger partial charge in [-0.3, -0.25) is 14.4 Å². The fourth-order valence-electron chi connectivity index (χ4n) is 2.96. The Labute approximate surface area is 180 Å². The second kappa shape index (κ2) is 9.88. The highest BCUT2D eigenvalue weighted by molar-refractivity contribution is 6.11. The molecular weight excluding hydrogens is 396 g/mol. The number of hydrogen-bond donors (Lipinski definition) is 1. The van der Waals surface area contributed by atoms with Crippen LogP contribution < -0.4 is 15.6 Å². The van der Waals surface area contributed by atoms with E-state index in [0.717, 1.165) is 12.8 Å². The molecule has 0 aliphatic heterocycles. The molecule has 0 fully saturated rings. The Kier molecular flexibility index (Phi) is 7.02. The van der Waals surface area contributed by atoms with E-state index in [1.54, 1.807) is 62.6 Å². The summed E-state index contributed by atoms with van der Waals surface area (Å²) in [5.41, 5.74) is 0.547. The first kappa shape index (κ1) is 22.0. The summed E-state index contributed by atoms with van der Waals surface area (Å²) in [4.78, 5) is 38.7. The van der Waals surface area contributed by atoms with Crippen LogP contribution in [-0.2, 0) is 11.3 Å². The Morgan fingerprint density at radius 3 is 2.39 bits per heavy atom. The van der Waals surface area contributed by atoms with Crippen molar-refractivity contribution in [2.75, 3.05) is 26.0 Å². The number of unbranched alkanes of at least 4 members (excludes halogenated alkanes) is 1. The number of aromatic nitrogens is 2. The van der Waals surface area contributed by atoms with Crippen LogP contribution in [0.1, 0.15) is 30.3 Å². The SMILES string of the molecule is CCCCn1nc(C(=O)Nc2ccc(OCC(=O)N(C)C)cc2)c2ccccc2c1=O. The molecular formula is C23H26N4O4. The van der Waals surface area contributed by atoms with Crippen LogP contribution in [0.4, 0.5) is 5.69 Å². The van der Waals surface area contributed by atoms with E-state index in [2.05, 4.69) is 10.4 Å². The van der Waals surface area contributed by atoms with Gasteiger partial charge >= 0.3 is 0 Å². The molecule has 0 saturated heterocycles. The summed E-state index contributed by atoms with van der Waals surface area (Å²) < 4.78 is 6.80. The van der Waals surface area contributed by atoms with E-state index < -0.39 is 5.91 Å². The molecule has 0 atom stereocenters. The lowest BCUT2D eigenvalue weighted by molar-refractivity contribution is -0.130. The molecule has 8 nitrogen and oxygen atoms in total. The highest BCUT2D eigenvalue weighted by Crippen LogP contribution is 2.19. The lowest BCUT2D eigenvalue weighted by Crippen LogP contribution is -2.28. The second-order valence-corrected chi connectivity index (χ2v) is 7.33. The standard InChI is InChI=1S/C23H26N4O4/c1-4-5-14-27-23(30)19-9-7-6-8-18(19)21(25-27)22(29)24-16-10-12-17(13-11-16)31-15-20(28)26(2)3/h6-13H,4-5,14-15H2,1-3H3,(H,24,29). The van der Waals surface area contributed by atoms with Crippen LogP contribution in [0.25, 0.3) is 10.8 Å². The Morgan fingerprint density at radius 1 is 1.06 bits per heavy atom. The summed E-state index contributed by atoms with van der Waals surface area (Å²) >= 11 is 0. The monoisotopic (exact) mass is 422 g/mol. The molecule has 0 saturated carbocycles. The third-order valence-corrected chi connectivity index (χ3v) is 4.78. The number of carbonyl (C=O) groups is 2. The van der Waals surface area contributed by atoms with Gasteiger partial charge in [-0.1, -0.05) is 31.5 Å². The second-order valence-electron chi connectivity index (χ2n) is 7.33. The summed E-state index contributed by atoms with van der Waals surface area (Å²) in [6.07, 6.45) is 1.71. The average Bonchev–Trinajstić information content (AvgIpc) is 2.78. The van der Waals surface area contributed by atoms with E-state index in [1.165, 1.54) is 9.58 Å². The molecule has 162 valence electrons. The van der Waals surface area contributed by atoms with Crippen LogP contribution >= 0.6 is 0 Å². The Morgan fingerprint density at radius 2 is 1.74 bits per heavy atom. The van der Waals surface area contributed by atoms with E-state index in [4.69, 9.17) is 4.74 Å². The van der Waals surface area contributed by atoms with Gasteiger partial charge in [0.05, 0.1) is 5.39 Å². The fourth-order valence-corrected chi connectivity index (χ4v) is 2.96. The number of nitrogens with zero attached hydrogens (tertiary/aromatic N) is 3. The van der Waals surface area contributed by atoms with Crippen LogP contribution in [0.3, 0.4) is 0 Å². The summed E-state index contributed by atoms with van der Waals surface area (Å²) in [5.74, 6) is -0.0312. The minimum Gasteiger partial charge on any atom is -0.484 e. The number of likely N-dealkylation sites (N-methyl/N-ethyl adjacent to an activating group) is 1. The van der Waals surface area contributed by atoms with Gasteiger partial charge in [-0.05, 0) is 36.8 Å². The maximum absolute atomic E-state index is 13.0. The maximum atomic E-state index is 13.0. The molecule has 0 bridgehead atoms. The highest BCUT2D eigenvalue weighted by Gasteiger charge is 2.17. The number of rotatable bonds is 8. The minimum absolute atomic E-state index is 0.0616.